The largest absolute Gasteiger partial charge is 0.502 e. The number of aryl methyl sites for hydroxylation is 2. The average molecular weight is 321 g/mol. The van der Waals surface area contributed by atoms with Crippen molar-refractivity contribution in [1.29, 1.82) is 0 Å². The first-order valence-corrected chi connectivity index (χ1v) is 7.35. The topological polar surface area (TPSA) is 88.6 Å². The molecule has 6 nitrogen and oxygen atoms in total. The molecule has 0 aliphatic rings. The number of nitrogens with zero attached hydrogens (tertiary/aromatic N) is 3. The van der Waals surface area contributed by atoms with E-state index in [1.54, 1.807) is 6.07 Å². The summed E-state index contributed by atoms with van der Waals surface area (Å²) < 4.78 is 0. The Labute approximate surface area is 138 Å². The van der Waals surface area contributed by atoms with Crippen molar-refractivity contribution in [3.8, 4) is 5.75 Å². The predicted molar refractivity (Wildman–Crippen MR) is 93.2 cm³/mol. The normalized spacial score (nSPS) is 11.2. The summed E-state index contributed by atoms with van der Waals surface area (Å²) in [5.41, 5.74) is 3.34. The molecule has 6 heteroatoms. The lowest BCUT2D eigenvalue weighted by Gasteiger charge is -2.06. The Morgan fingerprint density at radius 3 is 2.71 bits per heavy atom. The van der Waals surface area contributed by atoms with E-state index in [-0.39, 0.29) is 11.3 Å². The van der Waals surface area contributed by atoms with Crippen molar-refractivity contribution in [3.63, 3.8) is 0 Å². The lowest BCUT2D eigenvalue weighted by molar-refractivity contribution is -0.385. The number of phenolic OH excluding ortho intramolecular Hbond substituents is 1. The number of rotatable bonds is 3. The molecule has 0 bridgehead atoms. The summed E-state index contributed by atoms with van der Waals surface area (Å²) in [4.78, 5) is 19.2. The van der Waals surface area contributed by atoms with Crippen LogP contribution in [-0.4, -0.2) is 21.2 Å². The maximum absolute atomic E-state index is 10.9. The van der Waals surface area contributed by atoms with E-state index in [1.165, 1.54) is 18.3 Å². The molecule has 1 aromatic heterocycles. The van der Waals surface area contributed by atoms with Gasteiger partial charge in [-0.25, -0.2) is 0 Å². The molecule has 3 rings (SSSR count). The van der Waals surface area contributed by atoms with Gasteiger partial charge in [0.2, 0.25) is 5.75 Å². The van der Waals surface area contributed by atoms with Crippen LogP contribution >= 0.6 is 0 Å². The second kappa shape index (κ2) is 6.08. The number of nitro groups is 1. The van der Waals surface area contributed by atoms with Crippen LogP contribution in [0.3, 0.4) is 0 Å². The standard InChI is InChI=1S/C18H15N3O3/c1-11-9-12(2)20-17-14(11)6-4-7-15(17)19-10-13-5-3-8-16(18(13)22)21(23)24/h3-10,22H,1-2H3. The number of benzene rings is 2. The van der Waals surface area contributed by atoms with Gasteiger partial charge in [-0.2, -0.15) is 0 Å². The van der Waals surface area contributed by atoms with Crippen LogP contribution in [0.25, 0.3) is 10.9 Å². The van der Waals surface area contributed by atoms with Crippen molar-refractivity contribution in [2.45, 2.75) is 13.8 Å². The van der Waals surface area contributed by atoms with Crippen LogP contribution in [0.2, 0.25) is 0 Å². The van der Waals surface area contributed by atoms with Gasteiger partial charge in [0.1, 0.15) is 0 Å². The van der Waals surface area contributed by atoms with Crippen LogP contribution in [0.4, 0.5) is 11.4 Å². The van der Waals surface area contributed by atoms with E-state index < -0.39 is 10.7 Å². The number of aliphatic imine (C=N–C) groups is 1. The van der Waals surface area contributed by atoms with Gasteiger partial charge in [0.05, 0.1) is 16.1 Å². The van der Waals surface area contributed by atoms with Crippen LogP contribution in [0.1, 0.15) is 16.8 Å². The molecule has 0 unspecified atom stereocenters. The predicted octanol–water partition coefficient (Wildman–Crippen LogP) is 4.22. The molecule has 1 heterocycles. The van der Waals surface area contributed by atoms with Crippen LogP contribution < -0.4 is 0 Å². The summed E-state index contributed by atoms with van der Waals surface area (Å²) in [5, 5.41) is 21.9. The van der Waals surface area contributed by atoms with E-state index in [0.717, 1.165) is 22.2 Å². The van der Waals surface area contributed by atoms with Crippen LogP contribution in [0, 0.1) is 24.0 Å². The van der Waals surface area contributed by atoms with E-state index in [4.69, 9.17) is 0 Å². The fraction of sp³-hybridized carbons (Fsp3) is 0.111. The number of hydrogen-bond acceptors (Lipinski definition) is 5. The molecule has 0 radical (unpaired) electrons. The monoisotopic (exact) mass is 321 g/mol. The Kier molecular flexibility index (Phi) is 3.95. The highest BCUT2D eigenvalue weighted by Crippen LogP contribution is 2.30. The minimum absolute atomic E-state index is 0.283. The Balaban J connectivity index is 2.09. The molecule has 3 aromatic rings. The summed E-state index contributed by atoms with van der Waals surface area (Å²) in [6, 6.07) is 12.0. The summed E-state index contributed by atoms with van der Waals surface area (Å²) in [6.45, 7) is 3.93. The van der Waals surface area contributed by atoms with Crippen molar-refractivity contribution in [1.82, 2.24) is 4.98 Å². The average Bonchev–Trinajstić information content (AvgIpc) is 2.53. The maximum Gasteiger partial charge on any atom is 0.311 e. The Morgan fingerprint density at radius 2 is 1.96 bits per heavy atom. The van der Waals surface area contributed by atoms with Gasteiger partial charge in [0, 0.05) is 28.9 Å². The number of fused-ring (bicyclic) bond motifs is 1. The van der Waals surface area contributed by atoms with Gasteiger partial charge in [0.25, 0.3) is 0 Å². The molecule has 0 saturated carbocycles. The molecule has 2 aromatic carbocycles. The highest BCUT2D eigenvalue weighted by atomic mass is 16.6. The Hall–Kier alpha value is -3.28. The van der Waals surface area contributed by atoms with Crippen LogP contribution in [0.5, 0.6) is 5.75 Å². The SMILES string of the molecule is Cc1cc(C)c2cccc(N=Cc3cccc([N+](=O)[O-])c3O)c2n1. The third kappa shape index (κ3) is 2.81. The molecule has 0 spiro atoms. The Morgan fingerprint density at radius 1 is 1.21 bits per heavy atom. The van der Waals surface area contributed by atoms with Crippen molar-refractivity contribution in [2.75, 3.05) is 0 Å². The van der Waals surface area contributed by atoms with Gasteiger partial charge in [-0.15, -0.1) is 0 Å². The van der Waals surface area contributed by atoms with Gasteiger partial charge < -0.3 is 5.11 Å². The first-order valence-electron chi connectivity index (χ1n) is 7.35. The molecule has 0 aliphatic heterocycles. The fourth-order valence-corrected chi connectivity index (χ4v) is 2.61. The minimum atomic E-state index is -0.626. The summed E-state index contributed by atoms with van der Waals surface area (Å²) in [7, 11) is 0. The third-order valence-corrected chi connectivity index (χ3v) is 3.74. The number of para-hydroxylation sites is 2. The van der Waals surface area contributed by atoms with E-state index in [9.17, 15) is 15.2 Å². The fourth-order valence-electron chi connectivity index (χ4n) is 2.61. The van der Waals surface area contributed by atoms with Crippen molar-refractivity contribution < 1.29 is 10.0 Å². The van der Waals surface area contributed by atoms with E-state index in [1.807, 2.05) is 38.1 Å². The zero-order valence-corrected chi connectivity index (χ0v) is 13.2. The van der Waals surface area contributed by atoms with Gasteiger partial charge >= 0.3 is 5.69 Å². The molecule has 0 saturated heterocycles. The Bertz CT molecular complexity index is 981. The molecule has 120 valence electrons. The highest BCUT2D eigenvalue weighted by molar-refractivity contribution is 5.95. The van der Waals surface area contributed by atoms with E-state index >= 15 is 0 Å². The third-order valence-electron chi connectivity index (χ3n) is 3.74. The van der Waals surface area contributed by atoms with Crippen molar-refractivity contribution in [2.24, 2.45) is 4.99 Å². The van der Waals surface area contributed by atoms with Gasteiger partial charge in [0.15, 0.2) is 0 Å². The second-order valence-electron chi connectivity index (χ2n) is 5.48. The van der Waals surface area contributed by atoms with Gasteiger partial charge in [-0.1, -0.05) is 18.2 Å². The number of phenols is 1. The lowest BCUT2D eigenvalue weighted by Crippen LogP contribution is -1.92. The number of hydrogen-bond donors (Lipinski definition) is 1. The maximum atomic E-state index is 10.9. The zero-order chi connectivity index (χ0) is 17.3. The molecular formula is C18H15N3O3. The van der Waals surface area contributed by atoms with Gasteiger partial charge in [-0.3, -0.25) is 20.1 Å². The number of aromatic nitrogens is 1. The summed E-state index contributed by atoms with van der Waals surface area (Å²) in [5.74, 6) is -0.396. The van der Waals surface area contributed by atoms with E-state index in [0.29, 0.717) is 5.69 Å². The zero-order valence-electron chi connectivity index (χ0n) is 13.2. The quantitative estimate of drug-likeness (QED) is 0.444. The molecule has 0 atom stereocenters. The van der Waals surface area contributed by atoms with Gasteiger partial charge in [-0.05, 0) is 37.6 Å². The molecule has 0 aliphatic carbocycles. The van der Waals surface area contributed by atoms with E-state index in [2.05, 4.69) is 9.98 Å². The van der Waals surface area contributed by atoms with Crippen LogP contribution in [-0.2, 0) is 0 Å². The number of pyridine rings is 1. The second-order valence-corrected chi connectivity index (χ2v) is 5.48. The molecular weight excluding hydrogens is 306 g/mol. The summed E-state index contributed by atoms with van der Waals surface area (Å²) in [6.07, 6.45) is 1.41. The molecule has 1 N–H and O–H groups in total. The first kappa shape index (κ1) is 15.6. The summed E-state index contributed by atoms with van der Waals surface area (Å²) >= 11 is 0. The van der Waals surface area contributed by atoms with Crippen molar-refractivity contribution >= 4 is 28.5 Å². The smallest absolute Gasteiger partial charge is 0.311 e. The highest BCUT2D eigenvalue weighted by Gasteiger charge is 2.15. The number of nitro benzene ring substituents is 1. The van der Waals surface area contributed by atoms with Crippen LogP contribution in [0.15, 0.2) is 47.5 Å². The molecule has 24 heavy (non-hydrogen) atoms. The lowest BCUT2D eigenvalue weighted by atomic mass is 10.1. The molecule has 0 fully saturated rings. The molecule has 0 amide bonds. The number of aromatic hydroxyl groups is 1. The first-order chi connectivity index (χ1) is 11.5. The van der Waals surface area contributed by atoms with Crippen molar-refractivity contribution in [3.05, 3.63) is 69.4 Å². The minimum Gasteiger partial charge on any atom is -0.502 e.